The first kappa shape index (κ1) is 23.2. The number of carbonyl (C=O) groups excluding carboxylic acids is 1. The molecule has 3 heterocycles. The predicted octanol–water partition coefficient (Wildman–Crippen LogP) is 4.85. The van der Waals surface area contributed by atoms with E-state index in [2.05, 4.69) is 34.8 Å². The lowest BCUT2D eigenvalue weighted by molar-refractivity contribution is 0.0860. The summed E-state index contributed by atoms with van der Waals surface area (Å²) in [6, 6.07) is 6.04. The molecule has 1 atom stereocenters. The number of H-pyrrole nitrogens is 1. The zero-order valence-corrected chi connectivity index (χ0v) is 20.4. The largest absolute Gasteiger partial charge is 0.491 e. The highest BCUT2D eigenvalue weighted by Gasteiger charge is 2.30. The second-order valence-corrected chi connectivity index (χ2v) is 10.9. The molecular formula is C26H34N4O3. The normalized spacial score (nSPS) is 16.9. The van der Waals surface area contributed by atoms with E-state index in [0.717, 1.165) is 30.8 Å². The lowest BCUT2D eigenvalue weighted by atomic mass is 9.87. The van der Waals surface area contributed by atoms with Crippen LogP contribution in [0.1, 0.15) is 58.3 Å². The van der Waals surface area contributed by atoms with Crippen LogP contribution in [0.15, 0.2) is 30.6 Å². The summed E-state index contributed by atoms with van der Waals surface area (Å²) >= 11 is 0. The van der Waals surface area contributed by atoms with E-state index in [1.165, 1.54) is 0 Å². The second kappa shape index (κ2) is 8.45. The highest BCUT2D eigenvalue weighted by Crippen LogP contribution is 2.37. The molecule has 4 rings (SSSR count). The van der Waals surface area contributed by atoms with Gasteiger partial charge in [0.25, 0.3) is 0 Å². The average Bonchev–Trinajstić information content (AvgIpc) is 3.33. The van der Waals surface area contributed by atoms with E-state index in [9.17, 15) is 9.90 Å². The van der Waals surface area contributed by atoms with Gasteiger partial charge in [-0.15, -0.1) is 0 Å². The molecule has 0 saturated carbocycles. The van der Waals surface area contributed by atoms with Crippen molar-refractivity contribution in [2.75, 3.05) is 24.6 Å². The number of aliphatic hydroxyl groups is 1. The number of ketones is 1. The van der Waals surface area contributed by atoms with Crippen molar-refractivity contribution < 1.29 is 14.6 Å². The minimum absolute atomic E-state index is 0.0224. The molecular weight excluding hydrogens is 416 g/mol. The Morgan fingerprint density at radius 1 is 1.30 bits per heavy atom. The summed E-state index contributed by atoms with van der Waals surface area (Å²) in [6.07, 6.45) is 3.97. The van der Waals surface area contributed by atoms with E-state index in [1.807, 2.05) is 32.9 Å². The van der Waals surface area contributed by atoms with Crippen LogP contribution in [0.25, 0.3) is 22.4 Å². The fraction of sp³-hybridized carbons (Fsp3) is 0.500. The van der Waals surface area contributed by atoms with E-state index < -0.39 is 11.5 Å². The van der Waals surface area contributed by atoms with Crippen molar-refractivity contribution in [3.8, 4) is 17.0 Å². The van der Waals surface area contributed by atoms with E-state index in [1.54, 1.807) is 19.3 Å². The summed E-state index contributed by atoms with van der Waals surface area (Å²) in [5.41, 5.74) is 4.05. The van der Waals surface area contributed by atoms with Crippen molar-refractivity contribution in [1.82, 2.24) is 15.0 Å². The zero-order valence-electron chi connectivity index (χ0n) is 20.4. The van der Waals surface area contributed by atoms with Gasteiger partial charge in [-0.25, -0.2) is 9.97 Å². The topological polar surface area (TPSA) is 91.3 Å². The predicted molar refractivity (Wildman–Crippen MR) is 131 cm³/mol. The van der Waals surface area contributed by atoms with Crippen LogP contribution in [0.3, 0.4) is 0 Å². The molecule has 0 aliphatic carbocycles. The van der Waals surface area contributed by atoms with Gasteiger partial charge in [0, 0.05) is 42.0 Å². The molecule has 1 aliphatic heterocycles. The van der Waals surface area contributed by atoms with Crippen LogP contribution in [-0.2, 0) is 0 Å². The van der Waals surface area contributed by atoms with Crippen molar-refractivity contribution in [2.24, 2.45) is 10.8 Å². The van der Waals surface area contributed by atoms with Gasteiger partial charge < -0.3 is 19.7 Å². The summed E-state index contributed by atoms with van der Waals surface area (Å²) < 4.78 is 5.88. The third-order valence-corrected chi connectivity index (χ3v) is 6.03. The maximum atomic E-state index is 12.9. The number of ether oxygens (including phenoxy) is 1. The zero-order chi connectivity index (χ0) is 24.0. The van der Waals surface area contributed by atoms with Crippen LogP contribution < -0.4 is 9.64 Å². The standard InChI is InChI=1S/C26H34N4O3/c1-16(31)14-33-19-10-17(9-18(11-19)30-8-7-26(5,6)15-30)21-13-28-24-22(29-21)20(12-27-24)23(32)25(2,3)4/h9-13,16,31H,7-8,14-15H2,1-6H3,(H,27,28). The highest BCUT2D eigenvalue weighted by molar-refractivity contribution is 6.08. The first-order valence-electron chi connectivity index (χ1n) is 11.5. The molecule has 7 nitrogen and oxygen atoms in total. The van der Waals surface area contributed by atoms with Crippen molar-refractivity contribution in [2.45, 2.75) is 54.1 Å². The molecule has 7 heteroatoms. The number of fused-ring (bicyclic) bond motifs is 1. The Kier molecular flexibility index (Phi) is 5.95. The van der Waals surface area contributed by atoms with Crippen LogP contribution in [0.5, 0.6) is 5.75 Å². The number of aliphatic hydroxyl groups excluding tert-OH is 1. The van der Waals surface area contributed by atoms with E-state index in [4.69, 9.17) is 9.72 Å². The molecule has 1 saturated heterocycles. The quantitative estimate of drug-likeness (QED) is 0.522. The van der Waals surface area contributed by atoms with Gasteiger partial charge in [-0.1, -0.05) is 34.6 Å². The maximum absolute atomic E-state index is 12.9. The summed E-state index contributed by atoms with van der Waals surface area (Å²) in [5.74, 6) is 0.698. The minimum atomic E-state index is -0.565. The summed E-state index contributed by atoms with van der Waals surface area (Å²) in [6.45, 7) is 14.1. The summed E-state index contributed by atoms with van der Waals surface area (Å²) in [7, 11) is 0. The number of nitrogens with one attached hydrogen (secondary N) is 1. The number of carbonyl (C=O) groups is 1. The van der Waals surface area contributed by atoms with Gasteiger partial charge >= 0.3 is 0 Å². The number of rotatable bonds is 6. The SMILES string of the molecule is CC(O)COc1cc(-c2cnc3[nH]cc(C(=O)C(C)(C)C)c3n2)cc(N2CCC(C)(C)C2)c1. The van der Waals surface area contributed by atoms with Crippen molar-refractivity contribution in [1.29, 1.82) is 0 Å². The Morgan fingerprint density at radius 2 is 2.06 bits per heavy atom. The Morgan fingerprint density at radius 3 is 2.70 bits per heavy atom. The van der Waals surface area contributed by atoms with E-state index in [0.29, 0.717) is 28.2 Å². The molecule has 0 radical (unpaired) electrons. The molecule has 33 heavy (non-hydrogen) atoms. The average molecular weight is 451 g/mol. The van der Waals surface area contributed by atoms with E-state index >= 15 is 0 Å². The molecule has 1 unspecified atom stereocenters. The molecule has 176 valence electrons. The Hall–Kier alpha value is -2.93. The lowest BCUT2D eigenvalue weighted by Gasteiger charge is -2.23. The van der Waals surface area contributed by atoms with Gasteiger partial charge in [0.2, 0.25) is 0 Å². The van der Waals surface area contributed by atoms with Gasteiger partial charge in [0.05, 0.1) is 23.6 Å². The number of hydrogen-bond donors (Lipinski definition) is 2. The third-order valence-electron chi connectivity index (χ3n) is 6.03. The van der Waals surface area contributed by atoms with E-state index in [-0.39, 0.29) is 17.8 Å². The van der Waals surface area contributed by atoms with Crippen LogP contribution >= 0.6 is 0 Å². The lowest BCUT2D eigenvalue weighted by Crippen LogP contribution is -2.22. The summed E-state index contributed by atoms with van der Waals surface area (Å²) in [5, 5.41) is 9.70. The Balaban J connectivity index is 1.77. The number of aromatic amines is 1. The Bertz CT molecular complexity index is 1170. The van der Waals surface area contributed by atoms with Crippen LogP contribution in [-0.4, -0.2) is 51.6 Å². The van der Waals surface area contributed by atoms with Gasteiger partial charge in [0.15, 0.2) is 11.4 Å². The fourth-order valence-electron chi connectivity index (χ4n) is 4.15. The monoisotopic (exact) mass is 450 g/mol. The molecule has 2 aromatic heterocycles. The molecule has 1 aliphatic rings. The first-order valence-corrected chi connectivity index (χ1v) is 11.5. The second-order valence-electron chi connectivity index (χ2n) is 10.9. The molecule has 0 bridgehead atoms. The summed E-state index contributed by atoms with van der Waals surface area (Å²) in [4.78, 5) is 27.7. The number of hydrogen-bond acceptors (Lipinski definition) is 6. The number of aromatic nitrogens is 3. The fourth-order valence-corrected chi connectivity index (χ4v) is 4.15. The molecule has 1 aromatic carbocycles. The van der Waals surface area contributed by atoms with Crippen LogP contribution in [0.2, 0.25) is 0 Å². The third kappa shape index (κ3) is 5.03. The highest BCUT2D eigenvalue weighted by atomic mass is 16.5. The van der Waals surface area contributed by atoms with Gasteiger partial charge in [-0.3, -0.25) is 4.79 Å². The molecule has 0 spiro atoms. The molecule has 0 amide bonds. The van der Waals surface area contributed by atoms with Gasteiger partial charge in [-0.05, 0) is 30.9 Å². The number of anilines is 1. The maximum Gasteiger partial charge on any atom is 0.171 e. The van der Waals surface area contributed by atoms with Crippen molar-refractivity contribution in [3.63, 3.8) is 0 Å². The minimum Gasteiger partial charge on any atom is -0.491 e. The molecule has 2 N–H and O–H groups in total. The first-order chi connectivity index (χ1) is 15.4. The Labute approximate surface area is 195 Å². The van der Waals surface area contributed by atoms with Gasteiger partial charge in [0.1, 0.15) is 17.9 Å². The molecule has 3 aromatic rings. The number of benzene rings is 1. The van der Waals surface area contributed by atoms with Crippen molar-refractivity contribution in [3.05, 3.63) is 36.2 Å². The molecule has 1 fully saturated rings. The van der Waals surface area contributed by atoms with Gasteiger partial charge in [-0.2, -0.15) is 0 Å². The smallest absolute Gasteiger partial charge is 0.171 e. The van der Waals surface area contributed by atoms with Crippen molar-refractivity contribution >= 4 is 22.6 Å². The number of Topliss-reactive ketones (excluding diaryl/α,β-unsaturated/α-hetero) is 1. The number of nitrogens with zero attached hydrogens (tertiary/aromatic N) is 3. The van der Waals surface area contributed by atoms with Crippen LogP contribution in [0.4, 0.5) is 5.69 Å². The van der Waals surface area contributed by atoms with Crippen LogP contribution in [0, 0.1) is 10.8 Å².